The van der Waals surface area contributed by atoms with Gasteiger partial charge in [-0.1, -0.05) is 0 Å². The molecule has 0 saturated carbocycles. The number of aromatic nitrogens is 4. The highest BCUT2D eigenvalue weighted by Crippen LogP contribution is 2.42. The van der Waals surface area contributed by atoms with E-state index in [0.29, 0.717) is 17.6 Å². The van der Waals surface area contributed by atoms with Crippen LogP contribution >= 0.6 is 7.67 Å². The molecule has 0 spiro atoms. The largest absolute Gasteiger partial charge is 0.479 e. The number of hydrogen-bond donors (Lipinski definition) is 3. The van der Waals surface area contributed by atoms with E-state index in [2.05, 4.69) is 25.1 Å². The number of ether oxygens (including phenoxy) is 4. The van der Waals surface area contributed by atoms with Gasteiger partial charge in [0.15, 0.2) is 11.2 Å². The lowest BCUT2D eigenvalue weighted by Gasteiger charge is -2.27. The number of hydrogen-bond acceptors (Lipinski definition) is 12. The first-order chi connectivity index (χ1) is 18.7. The molecule has 1 aliphatic heterocycles. The summed E-state index contributed by atoms with van der Waals surface area (Å²) in [5.41, 5.74) is 6.21. The highest BCUT2D eigenvalue weighted by Gasteiger charge is 2.41. The normalized spacial score (nSPS) is 22.3. The molecule has 2 aromatic rings. The van der Waals surface area contributed by atoms with Gasteiger partial charge in [-0.05, 0) is 48.5 Å². The van der Waals surface area contributed by atoms with Gasteiger partial charge in [0.2, 0.25) is 11.8 Å². The standard InChI is InChI=1S/C24H40N7O8P/c1-13(2)38-21(32)15(5)29-40(34,30-16(6)22(33)39-14(3)4)37-10-17-9-24(7,11-36-17)31-12-26-18-19(31)27-23(25)28-20(18)35-8/h12-17H,9-11H2,1-8H3,(H2,25,27,28)(H2,29,30,34). The number of rotatable bonds is 13. The van der Waals surface area contributed by atoms with Crippen molar-refractivity contribution in [1.29, 1.82) is 0 Å². The van der Waals surface area contributed by atoms with Crippen LogP contribution in [0.15, 0.2) is 6.33 Å². The molecule has 4 unspecified atom stereocenters. The molecule has 0 aliphatic carbocycles. The summed E-state index contributed by atoms with van der Waals surface area (Å²) in [6, 6.07) is -2.00. The third kappa shape index (κ3) is 7.67. The maximum Gasteiger partial charge on any atom is 0.342 e. The molecule has 1 saturated heterocycles. The highest BCUT2D eigenvalue weighted by atomic mass is 31.2. The Balaban J connectivity index is 1.75. The molecule has 0 bridgehead atoms. The van der Waals surface area contributed by atoms with Gasteiger partial charge in [0.1, 0.15) is 12.1 Å². The fourth-order valence-electron chi connectivity index (χ4n) is 4.19. The summed E-state index contributed by atoms with van der Waals surface area (Å²) in [4.78, 5) is 37.6. The van der Waals surface area contributed by atoms with Crippen LogP contribution in [-0.4, -0.2) is 82.2 Å². The van der Waals surface area contributed by atoms with Gasteiger partial charge in [-0.3, -0.25) is 14.2 Å². The predicted molar refractivity (Wildman–Crippen MR) is 146 cm³/mol. The van der Waals surface area contributed by atoms with E-state index in [1.807, 2.05) is 11.5 Å². The van der Waals surface area contributed by atoms with Crippen molar-refractivity contribution >= 4 is 36.7 Å². The van der Waals surface area contributed by atoms with Gasteiger partial charge in [0.25, 0.3) is 0 Å². The van der Waals surface area contributed by atoms with Crippen molar-refractivity contribution in [2.45, 2.75) is 90.8 Å². The van der Waals surface area contributed by atoms with E-state index in [4.69, 9.17) is 29.2 Å². The predicted octanol–water partition coefficient (Wildman–Crippen LogP) is 1.91. The Bertz CT molecular complexity index is 1220. The topological polar surface area (TPSA) is 191 Å². The van der Waals surface area contributed by atoms with E-state index in [1.54, 1.807) is 34.0 Å². The van der Waals surface area contributed by atoms with E-state index >= 15 is 0 Å². The summed E-state index contributed by atoms with van der Waals surface area (Å²) in [7, 11) is -2.52. The first-order valence-electron chi connectivity index (χ1n) is 13.0. The maximum absolute atomic E-state index is 13.9. The van der Waals surface area contributed by atoms with Crippen LogP contribution in [0.1, 0.15) is 54.9 Å². The Labute approximate surface area is 233 Å². The third-order valence-electron chi connectivity index (χ3n) is 6.03. The lowest BCUT2D eigenvalue weighted by molar-refractivity contribution is -0.149. The number of esters is 2. The molecule has 0 radical (unpaired) electrons. The molecule has 0 amide bonds. The zero-order valence-electron chi connectivity index (χ0n) is 24.2. The van der Waals surface area contributed by atoms with Crippen molar-refractivity contribution in [3.63, 3.8) is 0 Å². The molecule has 40 heavy (non-hydrogen) atoms. The van der Waals surface area contributed by atoms with E-state index in [9.17, 15) is 14.2 Å². The lowest BCUT2D eigenvalue weighted by atomic mass is 9.98. The van der Waals surface area contributed by atoms with Gasteiger partial charge in [0, 0.05) is 6.42 Å². The van der Waals surface area contributed by atoms with E-state index in [1.165, 1.54) is 21.0 Å². The summed E-state index contributed by atoms with van der Waals surface area (Å²) in [5.74, 6) is -0.934. The number of nitrogen functional groups attached to an aromatic ring is 1. The van der Waals surface area contributed by atoms with Gasteiger partial charge in [0.05, 0.1) is 50.5 Å². The zero-order valence-corrected chi connectivity index (χ0v) is 25.1. The summed E-state index contributed by atoms with van der Waals surface area (Å²) in [6.45, 7) is 11.9. The van der Waals surface area contributed by atoms with E-state index < -0.39 is 43.3 Å². The number of methoxy groups -OCH3 is 1. The van der Waals surface area contributed by atoms with Crippen LogP contribution in [0.5, 0.6) is 5.88 Å². The molecule has 2 aromatic heterocycles. The molecule has 4 N–H and O–H groups in total. The minimum absolute atomic E-state index is 0.0433. The fourth-order valence-corrected chi connectivity index (χ4v) is 6.02. The number of carbonyl (C=O) groups excluding carboxylic acids is 2. The Kier molecular flexibility index (Phi) is 10.1. The molecule has 3 heterocycles. The highest BCUT2D eigenvalue weighted by molar-refractivity contribution is 7.54. The zero-order chi connectivity index (χ0) is 29.8. The van der Waals surface area contributed by atoms with Crippen molar-refractivity contribution in [3.05, 3.63) is 6.33 Å². The van der Waals surface area contributed by atoms with Gasteiger partial charge in [-0.15, -0.1) is 0 Å². The van der Waals surface area contributed by atoms with Gasteiger partial charge in [-0.25, -0.2) is 15.2 Å². The Hall–Kier alpha value is -2.84. The Morgan fingerprint density at radius 3 is 2.23 bits per heavy atom. The fraction of sp³-hybridized carbons (Fsp3) is 0.708. The summed E-state index contributed by atoms with van der Waals surface area (Å²) in [6.07, 6.45) is 0.840. The first-order valence-corrected chi connectivity index (χ1v) is 14.7. The molecule has 16 heteroatoms. The van der Waals surface area contributed by atoms with Crippen molar-refractivity contribution in [3.8, 4) is 5.88 Å². The van der Waals surface area contributed by atoms with Crippen molar-refractivity contribution in [1.82, 2.24) is 29.7 Å². The molecule has 224 valence electrons. The number of nitrogens with two attached hydrogens (primary N) is 1. The average molecular weight is 586 g/mol. The summed E-state index contributed by atoms with van der Waals surface area (Å²) < 4.78 is 43.2. The summed E-state index contributed by atoms with van der Waals surface area (Å²) in [5, 5.41) is 5.35. The molecule has 1 aliphatic rings. The average Bonchev–Trinajstić information content (AvgIpc) is 3.45. The van der Waals surface area contributed by atoms with Crippen LogP contribution < -0.4 is 20.6 Å². The number of nitrogens with zero attached hydrogens (tertiary/aromatic N) is 4. The smallest absolute Gasteiger partial charge is 0.342 e. The van der Waals surface area contributed by atoms with Crippen LogP contribution in [0.2, 0.25) is 0 Å². The van der Waals surface area contributed by atoms with E-state index in [0.717, 1.165) is 0 Å². The minimum Gasteiger partial charge on any atom is -0.479 e. The third-order valence-corrected chi connectivity index (χ3v) is 8.00. The second-order valence-corrected chi connectivity index (χ2v) is 12.4. The van der Waals surface area contributed by atoms with Gasteiger partial charge >= 0.3 is 19.6 Å². The number of carbonyl (C=O) groups is 2. The minimum atomic E-state index is -3.99. The number of imidazole rings is 1. The second-order valence-electron chi connectivity index (χ2n) is 10.5. The Morgan fingerprint density at radius 2 is 1.70 bits per heavy atom. The number of fused-ring (bicyclic) bond motifs is 1. The first kappa shape index (κ1) is 31.7. The molecular formula is C24H40N7O8P. The van der Waals surface area contributed by atoms with Crippen LogP contribution in [-0.2, 0) is 38.4 Å². The van der Waals surface area contributed by atoms with Crippen molar-refractivity contribution in [2.75, 3.05) is 26.1 Å². The quantitative estimate of drug-likeness (QED) is 0.228. The van der Waals surface area contributed by atoms with Crippen molar-refractivity contribution < 1.29 is 37.6 Å². The Morgan fingerprint density at radius 1 is 1.12 bits per heavy atom. The summed E-state index contributed by atoms with van der Waals surface area (Å²) >= 11 is 0. The SMILES string of the molecule is COc1nc(N)nc2c1ncn2C1(C)COC(COP(=O)(NC(C)C(=O)OC(C)C)NC(C)C(=O)OC(C)C)C1. The van der Waals surface area contributed by atoms with Crippen molar-refractivity contribution in [2.24, 2.45) is 0 Å². The van der Waals surface area contributed by atoms with Crippen LogP contribution in [0, 0.1) is 0 Å². The monoisotopic (exact) mass is 585 g/mol. The lowest BCUT2D eigenvalue weighted by Crippen LogP contribution is -2.43. The van der Waals surface area contributed by atoms with Gasteiger partial charge in [-0.2, -0.15) is 9.97 Å². The molecule has 3 rings (SSSR count). The van der Waals surface area contributed by atoms with Crippen LogP contribution in [0.4, 0.5) is 5.95 Å². The number of nitrogens with one attached hydrogen (secondary N) is 2. The molecule has 1 fully saturated rings. The molecule has 15 nitrogen and oxygen atoms in total. The van der Waals surface area contributed by atoms with Crippen LogP contribution in [0.25, 0.3) is 11.2 Å². The number of anilines is 1. The van der Waals surface area contributed by atoms with Gasteiger partial charge < -0.3 is 33.8 Å². The molecule has 4 atom stereocenters. The van der Waals surface area contributed by atoms with Crippen LogP contribution in [0.3, 0.4) is 0 Å². The second kappa shape index (κ2) is 12.8. The maximum atomic E-state index is 13.9. The van der Waals surface area contributed by atoms with E-state index in [-0.39, 0.29) is 37.3 Å². The molecule has 0 aromatic carbocycles. The molecular weight excluding hydrogens is 545 g/mol.